The van der Waals surface area contributed by atoms with Crippen LogP contribution in [0.25, 0.3) is 0 Å². The van der Waals surface area contributed by atoms with E-state index in [9.17, 15) is 10.1 Å². The number of alkyl halides is 1. The highest BCUT2D eigenvalue weighted by Crippen LogP contribution is 2.47. The van der Waals surface area contributed by atoms with Gasteiger partial charge in [0, 0.05) is 22.4 Å². The van der Waals surface area contributed by atoms with Gasteiger partial charge in [-0.1, -0.05) is 29.8 Å². The number of nitrogens with zero attached hydrogens (tertiary/aromatic N) is 1. The molecule has 5 heteroatoms. The van der Waals surface area contributed by atoms with Crippen molar-refractivity contribution in [3.8, 4) is 5.75 Å². The second kappa shape index (κ2) is 4.53. The summed E-state index contributed by atoms with van der Waals surface area (Å²) in [7, 11) is 0. The fourth-order valence-electron chi connectivity index (χ4n) is 2.07. The molecule has 0 aliphatic heterocycles. The molecule has 1 aliphatic rings. The first kappa shape index (κ1) is 13.3. The molecule has 18 heavy (non-hydrogen) atoms. The second-order valence-electron chi connectivity index (χ2n) is 5.34. The number of nitro benzene ring substituents is 1. The van der Waals surface area contributed by atoms with Gasteiger partial charge in [-0.3, -0.25) is 10.1 Å². The number of benzene rings is 1. The SMILES string of the molecule is Cc1cc([N+](=O)[O-])ccc1OC1CC(Br)C1(C)C. The third-order valence-corrected chi connectivity index (χ3v) is 5.25. The molecule has 1 aliphatic carbocycles. The Hall–Kier alpha value is -1.10. The molecule has 0 amide bonds. The molecular formula is C13H16BrNO3. The lowest BCUT2D eigenvalue weighted by Crippen LogP contribution is -2.53. The van der Waals surface area contributed by atoms with Gasteiger partial charge in [-0.2, -0.15) is 0 Å². The van der Waals surface area contributed by atoms with Crippen LogP contribution in [0.15, 0.2) is 18.2 Å². The van der Waals surface area contributed by atoms with Gasteiger partial charge in [-0.05, 0) is 25.0 Å². The van der Waals surface area contributed by atoms with Gasteiger partial charge < -0.3 is 4.74 Å². The quantitative estimate of drug-likeness (QED) is 0.484. The topological polar surface area (TPSA) is 52.4 Å². The van der Waals surface area contributed by atoms with E-state index in [1.165, 1.54) is 6.07 Å². The number of aryl methyl sites for hydroxylation is 1. The Labute approximate surface area is 115 Å². The Bertz CT molecular complexity index is 487. The molecule has 1 fully saturated rings. The van der Waals surface area contributed by atoms with Crippen LogP contribution in [0.2, 0.25) is 0 Å². The van der Waals surface area contributed by atoms with Crippen LogP contribution in [0.3, 0.4) is 0 Å². The van der Waals surface area contributed by atoms with Crippen molar-refractivity contribution in [2.24, 2.45) is 5.41 Å². The summed E-state index contributed by atoms with van der Waals surface area (Å²) in [6.45, 7) is 6.14. The van der Waals surface area contributed by atoms with Crippen LogP contribution in [0.1, 0.15) is 25.8 Å². The van der Waals surface area contributed by atoms with Crippen molar-refractivity contribution in [3.63, 3.8) is 0 Å². The summed E-state index contributed by atoms with van der Waals surface area (Å²) in [5, 5.41) is 10.7. The third kappa shape index (κ3) is 2.23. The maximum atomic E-state index is 10.7. The lowest BCUT2D eigenvalue weighted by molar-refractivity contribution is -0.384. The Kier molecular flexibility index (Phi) is 3.36. The molecule has 0 N–H and O–H groups in total. The summed E-state index contributed by atoms with van der Waals surface area (Å²) >= 11 is 3.62. The van der Waals surface area contributed by atoms with Crippen molar-refractivity contribution in [1.82, 2.24) is 0 Å². The number of non-ortho nitro benzene ring substituents is 1. The molecule has 1 saturated carbocycles. The van der Waals surface area contributed by atoms with Gasteiger partial charge in [0.15, 0.2) is 0 Å². The smallest absolute Gasteiger partial charge is 0.269 e. The van der Waals surface area contributed by atoms with Crippen molar-refractivity contribution >= 4 is 21.6 Å². The second-order valence-corrected chi connectivity index (χ2v) is 6.44. The number of rotatable bonds is 3. The van der Waals surface area contributed by atoms with Crippen molar-refractivity contribution in [2.45, 2.75) is 38.1 Å². The number of ether oxygens (including phenoxy) is 1. The van der Waals surface area contributed by atoms with Crippen LogP contribution in [-0.2, 0) is 0 Å². The van der Waals surface area contributed by atoms with Gasteiger partial charge in [0.2, 0.25) is 0 Å². The maximum Gasteiger partial charge on any atom is 0.269 e. The zero-order valence-corrected chi connectivity index (χ0v) is 12.2. The van der Waals surface area contributed by atoms with Crippen molar-refractivity contribution in [2.75, 3.05) is 0 Å². The summed E-state index contributed by atoms with van der Waals surface area (Å²) in [5.41, 5.74) is 0.998. The van der Waals surface area contributed by atoms with E-state index >= 15 is 0 Å². The largest absolute Gasteiger partial charge is 0.490 e. The van der Waals surface area contributed by atoms with Crippen LogP contribution in [0.4, 0.5) is 5.69 Å². The molecule has 2 atom stereocenters. The van der Waals surface area contributed by atoms with Crippen LogP contribution in [0, 0.1) is 22.5 Å². The standard InChI is InChI=1S/C13H16BrNO3/c1-8-6-9(15(16)17)4-5-10(8)18-12-7-11(14)13(12,2)3/h4-6,11-12H,7H2,1-3H3. The minimum absolute atomic E-state index is 0.0915. The molecule has 4 nitrogen and oxygen atoms in total. The lowest BCUT2D eigenvalue weighted by atomic mass is 9.69. The first-order valence-electron chi connectivity index (χ1n) is 5.88. The zero-order chi connectivity index (χ0) is 13.5. The summed E-state index contributed by atoms with van der Waals surface area (Å²) in [6, 6.07) is 4.72. The summed E-state index contributed by atoms with van der Waals surface area (Å²) in [6.07, 6.45) is 1.12. The van der Waals surface area contributed by atoms with Gasteiger partial charge in [0.1, 0.15) is 11.9 Å². The fraction of sp³-hybridized carbons (Fsp3) is 0.538. The Morgan fingerprint density at radius 3 is 2.61 bits per heavy atom. The van der Waals surface area contributed by atoms with E-state index in [0.29, 0.717) is 4.83 Å². The molecule has 98 valence electrons. The van der Waals surface area contributed by atoms with E-state index in [4.69, 9.17) is 4.74 Å². The van der Waals surface area contributed by atoms with E-state index in [2.05, 4.69) is 29.8 Å². The molecule has 1 aromatic carbocycles. The van der Waals surface area contributed by atoms with Crippen molar-refractivity contribution in [3.05, 3.63) is 33.9 Å². The average Bonchev–Trinajstić information content (AvgIpc) is 2.30. The van der Waals surface area contributed by atoms with Crippen LogP contribution in [0.5, 0.6) is 5.75 Å². The molecule has 0 bridgehead atoms. The maximum absolute atomic E-state index is 10.7. The minimum Gasteiger partial charge on any atom is -0.490 e. The molecule has 2 unspecified atom stereocenters. The highest BCUT2D eigenvalue weighted by Gasteiger charge is 2.48. The van der Waals surface area contributed by atoms with E-state index < -0.39 is 4.92 Å². The number of nitro groups is 1. The van der Waals surface area contributed by atoms with Crippen molar-refractivity contribution < 1.29 is 9.66 Å². The Morgan fingerprint density at radius 2 is 2.17 bits per heavy atom. The van der Waals surface area contributed by atoms with Gasteiger partial charge in [-0.25, -0.2) is 0 Å². The third-order valence-electron chi connectivity index (χ3n) is 3.70. The van der Waals surface area contributed by atoms with Crippen molar-refractivity contribution in [1.29, 1.82) is 0 Å². The highest BCUT2D eigenvalue weighted by molar-refractivity contribution is 9.09. The first-order valence-corrected chi connectivity index (χ1v) is 6.79. The molecule has 0 aromatic heterocycles. The van der Waals surface area contributed by atoms with Crippen LogP contribution in [-0.4, -0.2) is 15.9 Å². The summed E-state index contributed by atoms with van der Waals surface area (Å²) in [4.78, 5) is 10.7. The van der Waals surface area contributed by atoms with Gasteiger partial charge in [-0.15, -0.1) is 0 Å². The first-order chi connectivity index (χ1) is 8.32. The van der Waals surface area contributed by atoms with E-state index in [1.54, 1.807) is 12.1 Å². The van der Waals surface area contributed by atoms with E-state index in [-0.39, 0.29) is 17.2 Å². The number of halogens is 1. The molecule has 0 spiro atoms. The average molecular weight is 314 g/mol. The highest BCUT2D eigenvalue weighted by atomic mass is 79.9. The molecule has 0 radical (unpaired) electrons. The molecule has 2 rings (SSSR count). The molecular weight excluding hydrogens is 298 g/mol. The summed E-state index contributed by atoms with van der Waals surface area (Å²) in [5.74, 6) is 0.734. The zero-order valence-electron chi connectivity index (χ0n) is 10.6. The Morgan fingerprint density at radius 1 is 1.50 bits per heavy atom. The molecule has 0 saturated heterocycles. The number of hydrogen-bond acceptors (Lipinski definition) is 3. The van der Waals surface area contributed by atoms with Gasteiger partial charge in [0.05, 0.1) is 4.92 Å². The molecule has 0 heterocycles. The normalized spacial score (nSPS) is 25.3. The Balaban J connectivity index is 2.14. The van der Waals surface area contributed by atoms with Crippen LogP contribution >= 0.6 is 15.9 Å². The molecule has 1 aromatic rings. The van der Waals surface area contributed by atoms with Gasteiger partial charge >= 0.3 is 0 Å². The lowest BCUT2D eigenvalue weighted by Gasteiger charge is -2.48. The fourth-order valence-corrected chi connectivity index (χ4v) is 2.70. The number of hydrogen-bond donors (Lipinski definition) is 0. The predicted molar refractivity (Wildman–Crippen MR) is 73.4 cm³/mol. The van der Waals surface area contributed by atoms with E-state index in [0.717, 1.165) is 17.7 Å². The van der Waals surface area contributed by atoms with Crippen LogP contribution < -0.4 is 4.74 Å². The van der Waals surface area contributed by atoms with E-state index in [1.807, 2.05) is 6.92 Å². The predicted octanol–water partition coefficient (Wildman–Crippen LogP) is 3.84. The monoisotopic (exact) mass is 313 g/mol. The minimum atomic E-state index is -0.390. The summed E-state index contributed by atoms with van der Waals surface area (Å²) < 4.78 is 5.95. The van der Waals surface area contributed by atoms with Gasteiger partial charge in [0.25, 0.3) is 5.69 Å².